The van der Waals surface area contributed by atoms with Crippen molar-refractivity contribution in [1.29, 1.82) is 0 Å². The van der Waals surface area contributed by atoms with E-state index in [1.807, 2.05) is 37.5 Å². The number of nitrogens with zero attached hydrogens (tertiary/aromatic N) is 3. The first-order chi connectivity index (χ1) is 12.6. The zero-order valence-electron chi connectivity index (χ0n) is 15.5. The number of pyridine rings is 1. The average Bonchev–Trinajstić information content (AvgIpc) is 2.67. The van der Waals surface area contributed by atoms with Crippen LogP contribution in [0, 0.1) is 0 Å². The van der Waals surface area contributed by atoms with Crippen LogP contribution < -0.4 is 5.56 Å². The summed E-state index contributed by atoms with van der Waals surface area (Å²) in [6.07, 6.45) is 1.94. The van der Waals surface area contributed by atoms with Crippen molar-refractivity contribution >= 4 is 10.8 Å². The van der Waals surface area contributed by atoms with E-state index >= 15 is 0 Å². The van der Waals surface area contributed by atoms with E-state index in [0.717, 1.165) is 54.6 Å². The maximum Gasteiger partial charge on any atom is 0.258 e. The summed E-state index contributed by atoms with van der Waals surface area (Å²) in [4.78, 5) is 17.3. The fourth-order valence-corrected chi connectivity index (χ4v) is 3.70. The minimum atomic E-state index is 0.0519. The molecule has 0 bridgehead atoms. The normalized spacial score (nSPS) is 16.2. The van der Waals surface area contributed by atoms with Crippen molar-refractivity contribution in [3.8, 4) is 11.1 Å². The molecule has 1 aliphatic rings. The standard InChI is InChI=1S/C22H25N3O/c1-23-11-13-25(14-12-23)15-17-7-9-18(10-8-17)21-16-24(2)22(26)20-6-4-3-5-19(20)21/h3-10,16H,11-15H2,1-2H3. The molecule has 2 heterocycles. The summed E-state index contributed by atoms with van der Waals surface area (Å²) in [5.74, 6) is 0. The zero-order valence-corrected chi connectivity index (χ0v) is 15.5. The van der Waals surface area contributed by atoms with Crippen LogP contribution in [0.2, 0.25) is 0 Å². The Bertz CT molecular complexity index is 967. The van der Waals surface area contributed by atoms with Crippen molar-refractivity contribution in [2.24, 2.45) is 7.05 Å². The summed E-state index contributed by atoms with van der Waals surface area (Å²) in [5.41, 5.74) is 3.65. The predicted octanol–water partition coefficient (Wildman–Crippen LogP) is 2.95. The zero-order chi connectivity index (χ0) is 18.1. The molecular formula is C22H25N3O. The largest absolute Gasteiger partial charge is 0.317 e. The Morgan fingerprint density at radius 3 is 2.19 bits per heavy atom. The molecule has 1 aromatic heterocycles. The van der Waals surface area contributed by atoms with E-state index in [0.29, 0.717) is 0 Å². The Kier molecular flexibility index (Phi) is 4.62. The molecule has 0 spiro atoms. The minimum absolute atomic E-state index is 0.0519. The Morgan fingerprint density at radius 1 is 0.846 bits per heavy atom. The van der Waals surface area contributed by atoms with Crippen LogP contribution >= 0.6 is 0 Å². The van der Waals surface area contributed by atoms with Gasteiger partial charge >= 0.3 is 0 Å². The van der Waals surface area contributed by atoms with Gasteiger partial charge in [0.05, 0.1) is 0 Å². The molecule has 0 radical (unpaired) electrons. The van der Waals surface area contributed by atoms with Crippen LogP contribution in [0.15, 0.2) is 59.5 Å². The lowest BCUT2D eigenvalue weighted by Crippen LogP contribution is -2.43. The number of hydrogen-bond acceptors (Lipinski definition) is 3. The molecule has 0 N–H and O–H groups in total. The van der Waals surface area contributed by atoms with Gasteiger partial charge < -0.3 is 9.47 Å². The van der Waals surface area contributed by atoms with Gasteiger partial charge in [0.1, 0.15) is 0 Å². The maximum atomic E-state index is 12.4. The van der Waals surface area contributed by atoms with Gasteiger partial charge in [-0.15, -0.1) is 0 Å². The van der Waals surface area contributed by atoms with Crippen LogP contribution in [0.5, 0.6) is 0 Å². The second-order valence-electron chi connectivity index (χ2n) is 7.28. The molecule has 26 heavy (non-hydrogen) atoms. The molecule has 1 fully saturated rings. The van der Waals surface area contributed by atoms with Crippen LogP contribution in [-0.2, 0) is 13.6 Å². The first-order valence-corrected chi connectivity index (χ1v) is 9.20. The van der Waals surface area contributed by atoms with E-state index in [9.17, 15) is 4.79 Å². The van der Waals surface area contributed by atoms with E-state index in [1.54, 1.807) is 4.57 Å². The lowest BCUT2D eigenvalue weighted by atomic mass is 9.99. The van der Waals surface area contributed by atoms with Gasteiger partial charge in [-0.2, -0.15) is 0 Å². The molecule has 0 saturated carbocycles. The topological polar surface area (TPSA) is 28.5 Å². The molecule has 1 aliphatic heterocycles. The fourth-order valence-electron chi connectivity index (χ4n) is 3.70. The predicted molar refractivity (Wildman–Crippen MR) is 107 cm³/mol. The molecule has 0 amide bonds. The van der Waals surface area contributed by atoms with Crippen LogP contribution in [0.25, 0.3) is 21.9 Å². The second kappa shape index (κ2) is 7.06. The first kappa shape index (κ1) is 17.0. The van der Waals surface area contributed by atoms with Crippen molar-refractivity contribution in [1.82, 2.24) is 14.4 Å². The molecule has 2 aromatic carbocycles. The summed E-state index contributed by atoms with van der Waals surface area (Å²) < 4.78 is 1.68. The highest BCUT2D eigenvalue weighted by molar-refractivity contribution is 5.95. The molecule has 0 atom stereocenters. The number of piperazine rings is 1. The minimum Gasteiger partial charge on any atom is -0.317 e. The first-order valence-electron chi connectivity index (χ1n) is 9.20. The molecule has 4 rings (SSSR count). The van der Waals surface area contributed by atoms with Crippen molar-refractivity contribution in [2.75, 3.05) is 33.2 Å². The third kappa shape index (κ3) is 3.30. The van der Waals surface area contributed by atoms with Gasteiger partial charge in [-0.3, -0.25) is 9.69 Å². The number of likely N-dealkylation sites (N-methyl/N-ethyl adjacent to an activating group) is 1. The average molecular weight is 347 g/mol. The van der Waals surface area contributed by atoms with Gasteiger partial charge in [0.25, 0.3) is 5.56 Å². The van der Waals surface area contributed by atoms with Crippen molar-refractivity contribution in [3.63, 3.8) is 0 Å². The van der Waals surface area contributed by atoms with Crippen LogP contribution in [-0.4, -0.2) is 47.6 Å². The lowest BCUT2D eigenvalue weighted by Gasteiger charge is -2.32. The van der Waals surface area contributed by atoms with Gasteiger partial charge in [-0.25, -0.2) is 0 Å². The van der Waals surface area contributed by atoms with E-state index in [1.165, 1.54) is 5.56 Å². The lowest BCUT2D eigenvalue weighted by molar-refractivity contribution is 0.148. The van der Waals surface area contributed by atoms with Crippen LogP contribution in [0.1, 0.15) is 5.56 Å². The number of aromatic nitrogens is 1. The Labute approximate surface area is 154 Å². The molecular weight excluding hydrogens is 322 g/mol. The van der Waals surface area contributed by atoms with Crippen LogP contribution in [0.4, 0.5) is 0 Å². The van der Waals surface area contributed by atoms with Crippen LogP contribution in [0.3, 0.4) is 0 Å². The smallest absolute Gasteiger partial charge is 0.258 e. The van der Waals surface area contributed by atoms with E-state index in [4.69, 9.17) is 0 Å². The van der Waals surface area contributed by atoms with Crippen molar-refractivity contribution in [2.45, 2.75) is 6.54 Å². The Balaban J connectivity index is 1.62. The quantitative estimate of drug-likeness (QED) is 0.729. The Hall–Kier alpha value is -2.43. The maximum absolute atomic E-state index is 12.4. The SMILES string of the molecule is CN1CCN(Cc2ccc(-c3cn(C)c(=O)c4ccccc34)cc2)CC1. The number of hydrogen-bond donors (Lipinski definition) is 0. The summed E-state index contributed by atoms with van der Waals surface area (Å²) in [6.45, 7) is 5.54. The van der Waals surface area contributed by atoms with E-state index in [2.05, 4.69) is 41.1 Å². The molecule has 4 nitrogen and oxygen atoms in total. The summed E-state index contributed by atoms with van der Waals surface area (Å²) >= 11 is 0. The molecule has 1 saturated heterocycles. The number of rotatable bonds is 3. The fraction of sp³-hybridized carbons (Fsp3) is 0.318. The summed E-state index contributed by atoms with van der Waals surface area (Å²) in [6, 6.07) is 16.6. The number of benzene rings is 2. The van der Waals surface area contributed by atoms with Gasteiger partial charge in [0.2, 0.25) is 0 Å². The monoisotopic (exact) mass is 347 g/mol. The van der Waals surface area contributed by atoms with Gasteiger partial charge in [-0.1, -0.05) is 42.5 Å². The number of fused-ring (bicyclic) bond motifs is 1. The summed E-state index contributed by atoms with van der Waals surface area (Å²) in [7, 11) is 4.00. The third-order valence-electron chi connectivity index (χ3n) is 5.36. The van der Waals surface area contributed by atoms with Gasteiger partial charge in [0, 0.05) is 56.9 Å². The Morgan fingerprint density at radius 2 is 1.50 bits per heavy atom. The molecule has 3 aromatic rings. The summed E-state index contributed by atoms with van der Waals surface area (Å²) in [5, 5.41) is 1.79. The third-order valence-corrected chi connectivity index (χ3v) is 5.36. The number of aryl methyl sites for hydroxylation is 1. The highest BCUT2D eigenvalue weighted by Gasteiger charge is 2.14. The van der Waals surface area contributed by atoms with E-state index in [-0.39, 0.29) is 5.56 Å². The van der Waals surface area contributed by atoms with Crippen molar-refractivity contribution < 1.29 is 0 Å². The highest BCUT2D eigenvalue weighted by Crippen LogP contribution is 2.27. The van der Waals surface area contributed by atoms with Gasteiger partial charge in [0.15, 0.2) is 0 Å². The molecule has 0 aliphatic carbocycles. The molecule has 134 valence electrons. The van der Waals surface area contributed by atoms with E-state index < -0.39 is 0 Å². The highest BCUT2D eigenvalue weighted by atomic mass is 16.1. The molecule has 0 unspecified atom stereocenters. The second-order valence-corrected chi connectivity index (χ2v) is 7.28. The molecule has 4 heteroatoms. The van der Waals surface area contributed by atoms with Crippen molar-refractivity contribution in [3.05, 3.63) is 70.6 Å². The van der Waals surface area contributed by atoms with Gasteiger partial charge in [-0.05, 0) is 29.6 Å².